The Labute approximate surface area is 175 Å². The lowest BCUT2D eigenvalue weighted by Gasteiger charge is -2.20. The summed E-state index contributed by atoms with van der Waals surface area (Å²) in [5.41, 5.74) is 4.60. The quantitative estimate of drug-likeness (QED) is 0.693. The van der Waals surface area contributed by atoms with Crippen molar-refractivity contribution in [3.63, 3.8) is 0 Å². The first-order chi connectivity index (χ1) is 13.3. The number of amidine groups is 1. The standard InChI is InChI=1S/C22H25N3OS2/c1-14-5-6-15(22(2,3)4)11-19(14)27-13-20(26)24-16-7-8-18-17(12-16)25-10-9-23-21(25)28-18/h5-8,11-12H,9-10,13H2,1-4H3,(H,24,26). The Morgan fingerprint density at radius 3 is 2.86 bits per heavy atom. The number of thioether (sulfide) groups is 2. The Kier molecular flexibility index (Phi) is 5.19. The fourth-order valence-electron chi connectivity index (χ4n) is 3.29. The molecule has 4 nitrogen and oxygen atoms in total. The summed E-state index contributed by atoms with van der Waals surface area (Å²) in [4.78, 5) is 21.7. The van der Waals surface area contributed by atoms with Crippen LogP contribution in [0, 0.1) is 6.92 Å². The zero-order valence-corrected chi connectivity index (χ0v) is 18.3. The summed E-state index contributed by atoms with van der Waals surface area (Å²) in [6.45, 7) is 10.5. The van der Waals surface area contributed by atoms with Crippen LogP contribution in [0.5, 0.6) is 0 Å². The molecule has 0 unspecified atom stereocenters. The van der Waals surface area contributed by atoms with Gasteiger partial charge >= 0.3 is 0 Å². The van der Waals surface area contributed by atoms with Crippen molar-refractivity contribution in [1.82, 2.24) is 0 Å². The van der Waals surface area contributed by atoms with Crippen LogP contribution < -0.4 is 10.2 Å². The number of aryl methyl sites for hydroxylation is 1. The van der Waals surface area contributed by atoms with Crippen LogP contribution in [-0.4, -0.2) is 29.9 Å². The first-order valence-electron chi connectivity index (χ1n) is 9.49. The molecule has 2 aliphatic rings. The predicted molar refractivity (Wildman–Crippen MR) is 121 cm³/mol. The Bertz CT molecular complexity index is 963. The van der Waals surface area contributed by atoms with Gasteiger partial charge in [-0.3, -0.25) is 9.79 Å². The zero-order chi connectivity index (χ0) is 19.9. The van der Waals surface area contributed by atoms with Gasteiger partial charge in [0.2, 0.25) is 5.91 Å². The van der Waals surface area contributed by atoms with Gasteiger partial charge in [0.05, 0.1) is 18.0 Å². The lowest BCUT2D eigenvalue weighted by atomic mass is 9.87. The minimum Gasteiger partial charge on any atom is -0.325 e. The van der Waals surface area contributed by atoms with Crippen molar-refractivity contribution < 1.29 is 4.79 Å². The molecule has 1 amide bonds. The summed E-state index contributed by atoms with van der Waals surface area (Å²) in [5, 5.41) is 4.12. The van der Waals surface area contributed by atoms with E-state index in [2.05, 4.69) is 73.2 Å². The highest BCUT2D eigenvalue weighted by Crippen LogP contribution is 2.43. The highest BCUT2D eigenvalue weighted by atomic mass is 32.2. The third-order valence-corrected chi connectivity index (χ3v) is 7.20. The molecule has 0 atom stereocenters. The summed E-state index contributed by atoms with van der Waals surface area (Å²) in [7, 11) is 0. The van der Waals surface area contributed by atoms with E-state index in [9.17, 15) is 4.79 Å². The van der Waals surface area contributed by atoms with Gasteiger partial charge in [0.25, 0.3) is 0 Å². The van der Waals surface area contributed by atoms with E-state index in [1.54, 1.807) is 23.5 Å². The molecule has 6 heteroatoms. The van der Waals surface area contributed by atoms with Crippen molar-refractivity contribution in [2.24, 2.45) is 4.99 Å². The van der Waals surface area contributed by atoms with Gasteiger partial charge in [-0.2, -0.15) is 0 Å². The molecule has 2 aromatic carbocycles. The number of fused-ring (bicyclic) bond motifs is 3. The fraction of sp³-hybridized carbons (Fsp3) is 0.364. The van der Waals surface area contributed by atoms with Crippen LogP contribution in [0.25, 0.3) is 0 Å². The summed E-state index contributed by atoms with van der Waals surface area (Å²) in [6, 6.07) is 12.6. The summed E-state index contributed by atoms with van der Waals surface area (Å²) < 4.78 is 0. The van der Waals surface area contributed by atoms with Gasteiger partial charge in [-0.25, -0.2) is 0 Å². The van der Waals surface area contributed by atoms with E-state index < -0.39 is 0 Å². The van der Waals surface area contributed by atoms with Gasteiger partial charge < -0.3 is 10.2 Å². The van der Waals surface area contributed by atoms with Gasteiger partial charge in [-0.15, -0.1) is 11.8 Å². The molecule has 0 radical (unpaired) electrons. The second kappa shape index (κ2) is 7.48. The third kappa shape index (κ3) is 3.94. The van der Waals surface area contributed by atoms with E-state index in [1.807, 2.05) is 6.07 Å². The molecule has 0 fully saturated rings. The molecule has 2 heterocycles. The van der Waals surface area contributed by atoms with Gasteiger partial charge in [0, 0.05) is 22.0 Å². The third-order valence-electron chi connectivity index (χ3n) is 4.95. The second-order valence-corrected chi connectivity index (χ2v) is 10.2. The molecular weight excluding hydrogens is 386 g/mol. The van der Waals surface area contributed by atoms with E-state index in [-0.39, 0.29) is 11.3 Å². The van der Waals surface area contributed by atoms with Crippen molar-refractivity contribution >= 4 is 46.0 Å². The molecule has 0 bridgehead atoms. The SMILES string of the molecule is Cc1ccc(C(C)(C)C)cc1SCC(=O)Nc1ccc2c(c1)N1CCN=C1S2. The van der Waals surface area contributed by atoms with Crippen LogP contribution >= 0.6 is 23.5 Å². The van der Waals surface area contributed by atoms with E-state index in [1.165, 1.54) is 20.9 Å². The number of aliphatic imine (C=N–C) groups is 1. The minimum absolute atomic E-state index is 0.0199. The maximum atomic E-state index is 12.5. The Morgan fingerprint density at radius 2 is 2.07 bits per heavy atom. The number of rotatable bonds is 4. The predicted octanol–water partition coefficient (Wildman–Crippen LogP) is 5.31. The molecule has 2 aromatic rings. The van der Waals surface area contributed by atoms with Crippen molar-refractivity contribution in [3.05, 3.63) is 47.5 Å². The maximum Gasteiger partial charge on any atom is 0.234 e. The Morgan fingerprint density at radius 1 is 1.25 bits per heavy atom. The fourth-order valence-corrected chi connectivity index (χ4v) is 5.22. The van der Waals surface area contributed by atoms with E-state index in [0.29, 0.717) is 5.75 Å². The number of nitrogens with one attached hydrogen (secondary N) is 1. The zero-order valence-electron chi connectivity index (χ0n) is 16.7. The average Bonchev–Trinajstić information content (AvgIpc) is 3.21. The van der Waals surface area contributed by atoms with Gasteiger partial charge in [-0.05, 0) is 59.5 Å². The van der Waals surface area contributed by atoms with Crippen LogP contribution in [0.1, 0.15) is 31.9 Å². The number of hydrogen-bond acceptors (Lipinski definition) is 5. The lowest BCUT2D eigenvalue weighted by molar-refractivity contribution is -0.113. The molecule has 28 heavy (non-hydrogen) atoms. The largest absolute Gasteiger partial charge is 0.325 e. The molecule has 0 saturated heterocycles. The number of carbonyl (C=O) groups excluding carboxylic acids is 1. The first kappa shape index (κ1) is 19.4. The maximum absolute atomic E-state index is 12.5. The van der Waals surface area contributed by atoms with Gasteiger partial charge in [0.1, 0.15) is 0 Å². The molecule has 0 spiro atoms. The van der Waals surface area contributed by atoms with E-state index >= 15 is 0 Å². The smallest absolute Gasteiger partial charge is 0.234 e. The lowest BCUT2D eigenvalue weighted by Crippen LogP contribution is -2.21. The second-order valence-electron chi connectivity index (χ2n) is 8.17. The number of amides is 1. The van der Waals surface area contributed by atoms with E-state index in [4.69, 9.17) is 0 Å². The molecule has 2 aliphatic heterocycles. The minimum atomic E-state index is 0.0199. The highest BCUT2D eigenvalue weighted by molar-refractivity contribution is 8.14. The molecule has 0 saturated carbocycles. The van der Waals surface area contributed by atoms with Crippen LogP contribution in [0.2, 0.25) is 0 Å². The monoisotopic (exact) mass is 411 g/mol. The normalized spacial score (nSPS) is 15.3. The Balaban J connectivity index is 1.41. The van der Waals surface area contributed by atoms with Crippen molar-refractivity contribution in [3.8, 4) is 0 Å². The topological polar surface area (TPSA) is 44.7 Å². The van der Waals surface area contributed by atoms with Crippen molar-refractivity contribution in [2.75, 3.05) is 29.1 Å². The van der Waals surface area contributed by atoms with Crippen LogP contribution in [-0.2, 0) is 10.2 Å². The van der Waals surface area contributed by atoms with Gasteiger partial charge in [-0.1, -0.05) is 32.9 Å². The number of nitrogens with zero attached hydrogens (tertiary/aromatic N) is 2. The number of carbonyl (C=O) groups is 1. The molecule has 1 N–H and O–H groups in total. The molecule has 146 valence electrons. The van der Waals surface area contributed by atoms with Crippen molar-refractivity contribution in [2.45, 2.75) is 42.9 Å². The summed E-state index contributed by atoms with van der Waals surface area (Å²) in [5.74, 6) is 0.419. The average molecular weight is 412 g/mol. The number of hydrogen-bond donors (Lipinski definition) is 1. The summed E-state index contributed by atoms with van der Waals surface area (Å²) in [6.07, 6.45) is 0. The van der Waals surface area contributed by atoms with Crippen molar-refractivity contribution in [1.29, 1.82) is 0 Å². The van der Waals surface area contributed by atoms with E-state index in [0.717, 1.165) is 29.6 Å². The molecule has 0 aromatic heterocycles. The number of benzene rings is 2. The highest BCUT2D eigenvalue weighted by Gasteiger charge is 2.29. The van der Waals surface area contributed by atoms with Gasteiger partial charge in [0.15, 0.2) is 5.17 Å². The molecule has 4 rings (SSSR count). The number of anilines is 2. The Hall–Kier alpha value is -1.92. The van der Waals surface area contributed by atoms with Crippen LogP contribution in [0.3, 0.4) is 0 Å². The first-order valence-corrected chi connectivity index (χ1v) is 11.3. The molecule has 0 aliphatic carbocycles. The summed E-state index contributed by atoms with van der Waals surface area (Å²) >= 11 is 3.31. The van der Waals surface area contributed by atoms with Crippen LogP contribution in [0.15, 0.2) is 51.2 Å². The molecular formula is C22H25N3OS2. The van der Waals surface area contributed by atoms with Crippen LogP contribution in [0.4, 0.5) is 11.4 Å².